The van der Waals surface area contributed by atoms with E-state index in [0.717, 1.165) is 0 Å². The van der Waals surface area contributed by atoms with E-state index in [1.54, 1.807) is 0 Å². The van der Waals surface area contributed by atoms with Crippen molar-refractivity contribution in [1.82, 2.24) is 0 Å². The molecule has 0 bridgehead atoms. The van der Waals surface area contributed by atoms with Gasteiger partial charge < -0.3 is 0 Å². The Morgan fingerprint density at radius 2 is 2.40 bits per heavy atom. The minimum atomic E-state index is -1.12. The van der Waals surface area contributed by atoms with Gasteiger partial charge >= 0.3 is 11.1 Å². The molecule has 0 aliphatic carbocycles. The molecule has 0 saturated carbocycles. The minimum Gasteiger partial charge on any atom is -0.268 e. The first-order valence-corrected chi connectivity index (χ1v) is 2.63. The van der Waals surface area contributed by atoms with E-state index in [-0.39, 0.29) is 6.42 Å². The molecular weight excluding hydrogens is 138 g/mol. The highest BCUT2D eigenvalue weighted by Crippen LogP contribution is 1.92. The van der Waals surface area contributed by atoms with Gasteiger partial charge in [0.25, 0.3) is 0 Å². The number of allylic oxidation sites excluding steroid dienone is 1. The lowest BCUT2D eigenvalue weighted by atomic mass is 10.3. The van der Waals surface area contributed by atoms with Gasteiger partial charge in [0.15, 0.2) is 0 Å². The van der Waals surface area contributed by atoms with Gasteiger partial charge in [0, 0.05) is 6.42 Å². The topological polar surface area (TPSA) is 69.4 Å². The van der Waals surface area contributed by atoms with E-state index in [1.165, 1.54) is 6.08 Å². The van der Waals surface area contributed by atoms with Crippen molar-refractivity contribution in [2.45, 2.75) is 12.8 Å². The van der Waals surface area contributed by atoms with E-state index in [0.29, 0.717) is 6.42 Å². The molecule has 0 radical (unpaired) electrons. The van der Waals surface area contributed by atoms with Gasteiger partial charge in [-0.05, 0) is 6.42 Å². The Kier molecular flexibility index (Phi) is 3.86. The molecule has 0 aliphatic heterocycles. The first-order valence-electron chi connectivity index (χ1n) is 2.63. The van der Waals surface area contributed by atoms with Crippen molar-refractivity contribution in [3.8, 4) is 0 Å². The first-order chi connectivity index (χ1) is 4.66. The van der Waals surface area contributed by atoms with Gasteiger partial charge in [-0.25, -0.2) is 4.84 Å². The van der Waals surface area contributed by atoms with Crippen LogP contribution in [0.2, 0.25) is 0 Å². The van der Waals surface area contributed by atoms with Crippen molar-refractivity contribution in [1.29, 1.82) is 0 Å². The van der Waals surface area contributed by atoms with Gasteiger partial charge in [0.1, 0.15) is 0 Å². The minimum absolute atomic E-state index is 0.00444. The molecule has 0 fully saturated rings. The van der Waals surface area contributed by atoms with Crippen LogP contribution in [0.5, 0.6) is 0 Å². The smallest absolute Gasteiger partial charge is 0.268 e. The van der Waals surface area contributed by atoms with Crippen LogP contribution in [0.25, 0.3) is 0 Å². The van der Waals surface area contributed by atoms with Crippen LogP contribution in [0, 0.1) is 10.1 Å². The summed E-state index contributed by atoms with van der Waals surface area (Å²) in [6.45, 7) is 3.33. The Balaban J connectivity index is 3.43. The Bertz CT molecular complexity index is 154. The summed E-state index contributed by atoms with van der Waals surface area (Å²) in [5.41, 5.74) is 0. The van der Waals surface area contributed by atoms with Crippen LogP contribution in [0.4, 0.5) is 0 Å². The molecule has 0 aromatic rings. The summed E-state index contributed by atoms with van der Waals surface area (Å²) in [4.78, 5) is 23.4. The molecule has 0 atom stereocenters. The second-order valence-corrected chi connectivity index (χ2v) is 1.51. The van der Waals surface area contributed by atoms with Gasteiger partial charge in [0.2, 0.25) is 0 Å². The standard InChI is InChI=1S/C5H7NO4/c1-2-3-4-5(7)10-6(8)9/h2H,1,3-4H2. The first kappa shape index (κ1) is 8.61. The fourth-order valence-electron chi connectivity index (χ4n) is 0.349. The Labute approximate surface area is 57.4 Å². The van der Waals surface area contributed by atoms with E-state index in [9.17, 15) is 14.9 Å². The molecule has 0 heterocycles. The molecule has 5 nitrogen and oxygen atoms in total. The average molecular weight is 145 g/mol. The number of carbonyl (C=O) groups is 1. The predicted molar refractivity (Wildman–Crippen MR) is 32.5 cm³/mol. The summed E-state index contributed by atoms with van der Waals surface area (Å²) in [6.07, 6.45) is 1.89. The third-order valence-electron chi connectivity index (χ3n) is 0.729. The Morgan fingerprint density at radius 1 is 1.80 bits per heavy atom. The maximum absolute atomic E-state index is 10.3. The van der Waals surface area contributed by atoms with Gasteiger partial charge in [-0.1, -0.05) is 6.08 Å². The Morgan fingerprint density at radius 3 is 2.80 bits per heavy atom. The van der Waals surface area contributed by atoms with Crippen LogP contribution in [-0.2, 0) is 9.63 Å². The molecule has 0 unspecified atom stereocenters. The lowest BCUT2D eigenvalue weighted by Crippen LogP contribution is -2.09. The van der Waals surface area contributed by atoms with Crippen molar-refractivity contribution in [3.05, 3.63) is 22.8 Å². The lowest BCUT2D eigenvalue weighted by Gasteiger charge is -1.91. The highest BCUT2D eigenvalue weighted by atomic mass is 17.0. The summed E-state index contributed by atoms with van der Waals surface area (Å²) < 4.78 is 0. The van der Waals surface area contributed by atoms with Crippen molar-refractivity contribution >= 4 is 5.97 Å². The quantitative estimate of drug-likeness (QED) is 0.331. The lowest BCUT2D eigenvalue weighted by molar-refractivity contribution is -0.729. The van der Waals surface area contributed by atoms with Gasteiger partial charge in [-0.3, -0.25) is 4.79 Å². The fraction of sp³-hybridized carbons (Fsp3) is 0.400. The summed E-state index contributed by atoms with van der Waals surface area (Å²) in [7, 11) is 0. The molecule has 10 heavy (non-hydrogen) atoms. The van der Waals surface area contributed by atoms with E-state index in [4.69, 9.17) is 0 Å². The van der Waals surface area contributed by atoms with E-state index in [1.807, 2.05) is 0 Å². The average Bonchev–Trinajstić information content (AvgIpc) is 1.82. The third kappa shape index (κ3) is 4.76. The molecule has 0 spiro atoms. The van der Waals surface area contributed by atoms with Crippen molar-refractivity contribution in [2.75, 3.05) is 0 Å². The summed E-state index contributed by atoms with van der Waals surface area (Å²) >= 11 is 0. The highest BCUT2D eigenvalue weighted by molar-refractivity contribution is 5.68. The second-order valence-electron chi connectivity index (χ2n) is 1.51. The summed E-state index contributed by atoms with van der Waals surface area (Å²) in [6, 6.07) is 0. The maximum atomic E-state index is 10.3. The van der Waals surface area contributed by atoms with Crippen molar-refractivity contribution in [2.24, 2.45) is 0 Å². The number of hydrogen-bond acceptors (Lipinski definition) is 4. The summed E-state index contributed by atoms with van der Waals surface area (Å²) in [5.74, 6) is -0.843. The van der Waals surface area contributed by atoms with Crippen molar-refractivity contribution in [3.63, 3.8) is 0 Å². The SMILES string of the molecule is C=CCCC(=O)O[N+](=O)[O-]. The number of hydrogen-bond donors (Lipinski definition) is 0. The number of nitrogens with zero attached hydrogens (tertiary/aromatic N) is 1. The zero-order chi connectivity index (χ0) is 7.98. The number of carbonyl (C=O) groups excluding carboxylic acids is 1. The van der Waals surface area contributed by atoms with Gasteiger partial charge in [-0.15, -0.1) is 16.7 Å². The van der Waals surface area contributed by atoms with Crippen molar-refractivity contribution < 1.29 is 14.7 Å². The molecule has 0 aliphatic rings. The highest BCUT2D eigenvalue weighted by Gasteiger charge is 2.04. The second kappa shape index (κ2) is 4.49. The Hall–Kier alpha value is -1.39. The third-order valence-corrected chi connectivity index (χ3v) is 0.729. The summed E-state index contributed by atoms with van der Waals surface area (Å²) in [5, 5.41) is 8.39. The van der Waals surface area contributed by atoms with Crippen LogP contribution in [0.1, 0.15) is 12.8 Å². The van der Waals surface area contributed by atoms with Gasteiger partial charge in [0.05, 0.1) is 0 Å². The van der Waals surface area contributed by atoms with Crippen LogP contribution >= 0.6 is 0 Å². The predicted octanol–water partition coefficient (Wildman–Crippen LogP) is 0.688. The number of rotatable bonds is 4. The van der Waals surface area contributed by atoms with E-state index < -0.39 is 11.1 Å². The van der Waals surface area contributed by atoms with Gasteiger partial charge in [-0.2, -0.15) is 0 Å². The maximum Gasteiger partial charge on any atom is 0.304 e. The zero-order valence-corrected chi connectivity index (χ0v) is 5.28. The molecular formula is C5H7NO4. The largest absolute Gasteiger partial charge is 0.304 e. The normalized spacial score (nSPS) is 8.40. The monoisotopic (exact) mass is 145 g/mol. The molecule has 56 valence electrons. The molecule has 0 N–H and O–H groups in total. The molecule has 0 rings (SSSR count). The van der Waals surface area contributed by atoms with Crippen LogP contribution in [0.15, 0.2) is 12.7 Å². The zero-order valence-electron chi connectivity index (χ0n) is 5.28. The van der Waals surface area contributed by atoms with E-state index >= 15 is 0 Å². The van der Waals surface area contributed by atoms with E-state index in [2.05, 4.69) is 11.4 Å². The van der Waals surface area contributed by atoms with Crippen LogP contribution in [-0.4, -0.2) is 11.1 Å². The molecule has 0 saturated heterocycles. The molecule has 0 amide bonds. The van der Waals surface area contributed by atoms with Crippen LogP contribution in [0.3, 0.4) is 0 Å². The molecule has 5 heteroatoms. The fourth-order valence-corrected chi connectivity index (χ4v) is 0.349. The molecule has 0 aromatic heterocycles. The van der Waals surface area contributed by atoms with Crippen LogP contribution < -0.4 is 0 Å². The molecule has 0 aromatic carbocycles.